The quantitative estimate of drug-likeness (QED) is 0.542. The van der Waals surface area contributed by atoms with E-state index in [1.165, 1.54) is 28.0 Å². The number of hydrogen-bond donors (Lipinski definition) is 1. The number of nitrogens with one attached hydrogen (secondary N) is 1. The van der Waals surface area contributed by atoms with Gasteiger partial charge in [-0.05, 0) is 69.4 Å². The molecule has 32 heavy (non-hydrogen) atoms. The Labute approximate surface area is 191 Å². The maximum absolute atomic E-state index is 6.91. The third kappa shape index (κ3) is 3.24. The molecule has 2 heterocycles. The van der Waals surface area contributed by atoms with Gasteiger partial charge < -0.3 is 19.5 Å². The van der Waals surface area contributed by atoms with Gasteiger partial charge in [-0.2, -0.15) is 0 Å². The van der Waals surface area contributed by atoms with E-state index >= 15 is 0 Å². The molecule has 5 rings (SSSR count). The normalized spacial score (nSPS) is 24.9. The first-order valence-corrected chi connectivity index (χ1v) is 11.5. The van der Waals surface area contributed by atoms with Crippen molar-refractivity contribution in [1.29, 1.82) is 0 Å². The van der Waals surface area contributed by atoms with Gasteiger partial charge in [0.2, 0.25) is 0 Å². The molecular weight excluding hydrogens is 398 g/mol. The van der Waals surface area contributed by atoms with Crippen molar-refractivity contribution in [3.63, 3.8) is 0 Å². The molecule has 0 amide bonds. The largest absolute Gasteiger partial charge is 0.496 e. The molecule has 2 atom stereocenters. The predicted molar refractivity (Wildman–Crippen MR) is 130 cm³/mol. The molecule has 1 aliphatic carbocycles. The minimum atomic E-state index is -0.124. The second kappa shape index (κ2) is 7.70. The van der Waals surface area contributed by atoms with E-state index in [1.807, 2.05) is 12.1 Å². The van der Waals surface area contributed by atoms with Crippen molar-refractivity contribution in [1.82, 2.24) is 0 Å². The smallest absolute Gasteiger partial charge is 0.133 e. The molecule has 0 spiro atoms. The predicted octanol–water partition coefficient (Wildman–Crippen LogP) is 6.78. The molecule has 4 heteroatoms. The topological polar surface area (TPSA) is 39.7 Å². The van der Waals surface area contributed by atoms with Crippen LogP contribution in [0.5, 0.6) is 11.5 Å². The van der Waals surface area contributed by atoms with E-state index in [-0.39, 0.29) is 17.1 Å². The minimum Gasteiger partial charge on any atom is -0.496 e. The Bertz CT molecular complexity index is 1110. The molecule has 1 N–H and O–H groups in total. The highest BCUT2D eigenvalue weighted by Crippen LogP contribution is 2.58. The number of rotatable bonds is 4. The molecule has 0 radical (unpaired) electrons. The van der Waals surface area contributed by atoms with Crippen molar-refractivity contribution in [3.05, 3.63) is 59.7 Å². The first-order valence-electron chi connectivity index (χ1n) is 11.5. The molecule has 0 aromatic heterocycles. The van der Waals surface area contributed by atoms with E-state index in [2.05, 4.69) is 62.5 Å². The Morgan fingerprint density at radius 1 is 1.09 bits per heavy atom. The summed E-state index contributed by atoms with van der Waals surface area (Å²) >= 11 is 0. The van der Waals surface area contributed by atoms with Gasteiger partial charge in [0, 0.05) is 29.3 Å². The fourth-order valence-corrected chi connectivity index (χ4v) is 5.94. The lowest BCUT2D eigenvalue weighted by atomic mass is 9.67. The van der Waals surface area contributed by atoms with Gasteiger partial charge in [-0.3, -0.25) is 0 Å². The molecule has 2 aromatic rings. The van der Waals surface area contributed by atoms with Crippen molar-refractivity contribution >= 4 is 11.3 Å². The number of hydrogen-bond acceptors (Lipinski definition) is 4. The van der Waals surface area contributed by atoms with Gasteiger partial charge in [0.1, 0.15) is 17.6 Å². The lowest BCUT2D eigenvalue weighted by molar-refractivity contribution is -0.0274. The summed E-state index contributed by atoms with van der Waals surface area (Å²) in [5.41, 5.74) is 6.99. The van der Waals surface area contributed by atoms with Gasteiger partial charge in [-0.15, -0.1) is 0 Å². The second-order valence-electron chi connectivity index (χ2n) is 9.96. The summed E-state index contributed by atoms with van der Waals surface area (Å²) in [6.45, 7) is 7.31. The van der Waals surface area contributed by atoms with Crippen molar-refractivity contribution < 1.29 is 14.2 Å². The zero-order valence-corrected chi connectivity index (χ0v) is 19.7. The lowest BCUT2D eigenvalue weighted by Crippen LogP contribution is -2.40. The number of ether oxygens (including phenoxy) is 3. The van der Waals surface area contributed by atoms with E-state index in [1.54, 1.807) is 14.2 Å². The number of anilines is 1. The van der Waals surface area contributed by atoms with Gasteiger partial charge in [-0.1, -0.05) is 30.4 Å². The summed E-state index contributed by atoms with van der Waals surface area (Å²) in [6, 6.07) is 10.6. The molecule has 3 aliphatic rings. The highest BCUT2D eigenvalue weighted by Gasteiger charge is 2.47. The number of benzene rings is 2. The summed E-state index contributed by atoms with van der Waals surface area (Å²) < 4.78 is 18.5. The Hall–Kier alpha value is -2.72. The van der Waals surface area contributed by atoms with Gasteiger partial charge in [-0.25, -0.2) is 0 Å². The molecule has 4 nitrogen and oxygen atoms in total. The maximum Gasteiger partial charge on any atom is 0.133 e. The fraction of sp³-hybridized carbons (Fsp3) is 0.429. The van der Waals surface area contributed by atoms with E-state index in [9.17, 15) is 0 Å². The molecule has 2 unspecified atom stereocenters. The van der Waals surface area contributed by atoms with Crippen LogP contribution in [-0.4, -0.2) is 26.4 Å². The van der Waals surface area contributed by atoms with Crippen LogP contribution in [0.25, 0.3) is 16.7 Å². The van der Waals surface area contributed by atoms with E-state index < -0.39 is 0 Å². The highest BCUT2D eigenvalue weighted by atomic mass is 16.5. The average Bonchev–Trinajstić information content (AvgIpc) is 2.77. The summed E-state index contributed by atoms with van der Waals surface area (Å²) in [6.07, 6.45) is 9.81. The summed E-state index contributed by atoms with van der Waals surface area (Å²) in [4.78, 5) is 0. The van der Waals surface area contributed by atoms with Gasteiger partial charge in [0.25, 0.3) is 0 Å². The maximum atomic E-state index is 6.91. The number of allylic oxidation sites excluding steroid dienone is 3. The molecule has 2 aromatic carbocycles. The summed E-state index contributed by atoms with van der Waals surface area (Å²) in [7, 11) is 3.53. The average molecular weight is 432 g/mol. The zero-order chi connectivity index (χ0) is 22.5. The molecule has 0 fully saturated rings. The molecule has 168 valence electrons. The van der Waals surface area contributed by atoms with E-state index in [0.717, 1.165) is 36.3 Å². The first-order chi connectivity index (χ1) is 15.4. The number of fused-ring (bicyclic) bond motifs is 5. The van der Waals surface area contributed by atoms with Gasteiger partial charge in [0.15, 0.2) is 0 Å². The summed E-state index contributed by atoms with van der Waals surface area (Å²) in [5, 5.41) is 3.73. The summed E-state index contributed by atoms with van der Waals surface area (Å²) in [5.74, 6) is 1.73. The third-order valence-electron chi connectivity index (χ3n) is 7.15. The first kappa shape index (κ1) is 21.1. The lowest BCUT2D eigenvalue weighted by Gasteiger charge is -2.46. The standard InChI is InChI=1S/C28H33NO3/c1-18-16-27(2,3)29-20-13-12-19-24-21(31-5)10-9-11-22(24)32-26(25(19)23(18)20)28(17-30-4)14-7-6-8-15-28/h6-7,9-13,16,26,29H,8,14-15,17H2,1-5H3. The Morgan fingerprint density at radius 3 is 2.66 bits per heavy atom. The van der Waals surface area contributed by atoms with Gasteiger partial charge in [0.05, 0.1) is 24.8 Å². The Kier molecular flexibility index (Phi) is 5.09. The van der Waals surface area contributed by atoms with Crippen molar-refractivity contribution in [2.24, 2.45) is 5.41 Å². The minimum absolute atomic E-state index is 0.0935. The van der Waals surface area contributed by atoms with Crippen LogP contribution in [0.2, 0.25) is 0 Å². The number of methoxy groups -OCH3 is 2. The van der Waals surface area contributed by atoms with Crippen LogP contribution >= 0.6 is 0 Å². The van der Waals surface area contributed by atoms with Crippen molar-refractivity contribution in [3.8, 4) is 22.6 Å². The van der Waals surface area contributed by atoms with Crippen LogP contribution in [0.1, 0.15) is 57.3 Å². The molecule has 2 aliphatic heterocycles. The van der Waals surface area contributed by atoms with Crippen molar-refractivity contribution in [2.45, 2.75) is 51.7 Å². The van der Waals surface area contributed by atoms with Crippen LogP contribution in [0.3, 0.4) is 0 Å². The monoisotopic (exact) mass is 431 g/mol. The Balaban J connectivity index is 1.81. The molecule has 0 saturated carbocycles. The van der Waals surface area contributed by atoms with E-state index in [4.69, 9.17) is 14.2 Å². The Morgan fingerprint density at radius 2 is 1.94 bits per heavy atom. The van der Waals surface area contributed by atoms with Gasteiger partial charge >= 0.3 is 0 Å². The molecular formula is C28H33NO3. The van der Waals surface area contributed by atoms with Crippen LogP contribution in [-0.2, 0) is 4.74 Å². The van der Waals surface area contributed by atoms with Crippen LogP contribution in [0, 0.1) is 5.41 Å². The van der Waals surface area contributed by atoms with Crippen LogP contribution in [0.4, 0.5) is 5.69 Å². The SMILES string of the molecule is COCC1(C2Oc3cccc(OC)c3-c3ccc4c(c32)C(C)=CC(C)(C)N4)CC=CCC1. The van der Waals surface area contributed by atoms with E-state index in [0.29, 0.717) is 6.61 Å². The van der Waals surface area contributed by atoms with Crippen LogP contribution < -0.4 is 14.8 Å². The molecule has 0 saturated heterocycles. The fourth-order valence-electron chi connectivity index (χ4n) is 5.94. The third-order valence-corrected chi connectivity index (χ3v) is 7.15. The molecule has 0 bridgehead atoms. The van der Waals surface area contributed by atoms with Crippen LogP contribution in [0.15, 0.2) is 48.6 Å². The second-order valence-corrected chi connectivity index (χ2v) is 9.96. The zero-order valence-electron chi connectivity index (χ0n) is 19.7. The van der Waals surface area contributed by atoms with Crippen molar-refractivity contribution in [2.75, 3.05) is 26.1 Å². The highest BCUT2D eigenvalue weighted by molar-refractivity contribution is 5.91.